The van der Waals surface area contributed by atoms with Crippen LogP contribution in [0, 0.1) is 0 Å². The second kappa shape index (κ2) is 9.51. The molecule has 2 atom stereocenters. The normalized spacial score (nSPS) is 28.0. The average molecular weight is 545 g/mol. The third-order valence-corrected chi connectivity index (χ3v) is 11.1. The highest BCUT2D eigenvalue weighted by molar-refractivity contribution is 9.11. The summed E-state index contributed by atoms with van der Waals surface area (Å²) in [6.07, 6.45) is 2.60. The maximum absolute atomic E-state index is 13.4. The number of ether oxygens (including phenoxy) is 1. The second-order valence-corrected chi connectivity index (χ2v) is 14.3. The van der Waals surface area contributed by atoms with E-state index in [1.165, 1.54) is 11.3 Å². The van der Waals surface area contributed by atoms with E-state index in [1.54, 1.807) is 12.1 Å². The molecule has 1 aromatic heterocycles. The van der Waals surface area contributed by atoms with Gasteiger partial charge in [-0.1, -0.05) is 0 Å². The van der Waals surface area contributed by atoms with E-state index < -0.39 is 36.8 Å². The minimum absolute atomic E-state index is 0.00740. The summed E-state index contributed by atoms with van der Waals surface area (Å²) >= 11 is 4.57. The Morgan fingerprint density at radius 1 is 1.40 bits per heavy atom. The summed E-state index contributed by atoms with van der Waals surface area (Å²) in [6, 6.07) is 3.39. The van der Waals surface area contributed by atoms with Gasteiger partial charge in [-0.25, -0.2) is 31.5 Å². The Morgan fingerprint density at radius 2 is 2.17 bits per heavy atom. The first-order valence-corrected chi connectivity index (χ1v) is 14.6. The number of nitrogens with zero attached hydrogens (tertiary/aromatic N) is 1. The van der Waals surface area contributed by atoms with Crippen molar-refractivity contribution in [2.75, 3.05) is 31.7 Å². The summed E-state index contributed by atoms with van der Waals surface area (Å²) in [5.74, 6) is -0.958. The number of amides is 1. The fourth-order valence-corrected chi connectivity index (χ4v) is 8.62. The number of carbonyl (C=O) groups is 1. The number of rotatable bonds is 6. The molecule has 30 heavy (non-hydrogen) atoms. The molecule has 3 heterocycles. The molecule has 0 aliphatic carbocycles. The Kier molecular flexibility index (Phi) is 7.63. The lowest BCUT2D eigenvalue weighted by molar-refractivity contribution is -0.200. The van der Waals surface area contributed by atoms with Crippen molar-refractivity contribution in [3.05, 3.63) is 20.8 Å². The molecule has 1 N–H and O–H groups in total. The van der Waals surface area contributed by atoms with Crippen LogP contribution in [-0.2, 0) is 39.0 Å². The molecule has 170 valence electrons. The highest BCUT2D eigenvalue weighted by atomic mass is 79.9. The Hall–Kier alpha value is -0.570. The molecule has 2 saturated heterocycles. The van der Waals surface area contributed by atoms with Crippen LogP contribution in [0.4, 0.5) is 0 Å². The van der Waals surface area contributed by atoms with Gasteiger partial charge in [-0.3, -0.25) is 4.79 Å². The van der Waals surface area contributed by atoms with Crippen molar-refractivity contribution < 1.29 is 31.2 Å². The standard InChI is InChI=1S/C17H25BrN2O7S3/c1-29(22,23)20-8-7-17(30(24,25)11-9-20,13-5-6-14(18)28-13)12-15(21)19-27-16-4-2-3-10-26-16/h5-6,16H,2-4,7-12H2,1H3,(H,19,21). The molecule has 2 unspecified atom stereocenters. The molecule has 13 heteroatoms. The average Bonchev–Trinajstić information content (AvgIpc) is 3.05. The molecule has 0 radical (unpaired) electrons. The molecule has 2 fully saturated rings. The zero-order valence-electron chi connectivity index (χ0n) is 16.5. The Morgan fingerprint density at radius 3 is 2.77 bits per heavy atom. The van der Waals surface area contributed by atoms with Crippen LogP contribution < -0.4 is 5.48 Å². The number of nitrogens with one attached hydrogen (secondary N) is 1. The SMILES string of the molecule is CS(=O)(=O)N1CCC(CC(=O)NOC2CCCCO2)(c2ccc(Br)s2)S(=O)(=O)CC1. The number of halogens is 1. The van der Waals surface area contributed by atoms with E-state index in [0.717, 1.165) is 27.2 Å². The van der Waals surface area contributed by atoms with Crippen LogP contribution in [0.15, 0.2) is 15.9 Å². The van der Waals surface area contributed by atoms with E-state index in [0.29, 0.717) is 17.9 Å². The third-order valence-electron chi connectivity index (χ3n) is 5.35. The number of sulfone groups is 1. The van der Waals surface area contributed by atoms with E-state index in [2.05, 4.69) is 21.4 Å². The summed E-state index contributed by atoms with van der Waals surface area (Å²) in [4.78, 5) is 18.5. The maximum atomic E-state index is 13.4. The van der Waals surface area contributed by atoms with Crippen LogP contribution in [0.3, 0.4) is 0 Å². The maximum Gasteiger partial charge on any atom is 0.245 e. The molecular weight excluding hydrogens is 520 g/mol. The highest BCUT2D eigenvalue weighted by Gasteiger charge is 2.50. The van der Waals surface area contributed by atoms with Crippen LogP contribution in [0.1, 0.15) is 37.0 Å². The van der Waals surface area contributed by atoms with Gasteiger partial charge in [0.25, 0.3) is 0 Å². The van der Waals surface area contributed by atoms with Gasteiger partial charge in [0.05, 0.1) is 22.2 Å². The van der Waals surface area contributed by atoms with E-state index in [1.807, 2.05) is 0 Å². The van der Waals surface area contributed by atoms with Gasteiger partial charge >= 0.3 is 0 Å². The van der Waals surface area contributed by atoms with Crippen LogP contribution in [0.5, 0.6) is 0 Å². The molecular formula is C17H25BrN2O7S3. The van der Waals surface area contributed by atoms with E-state index >= 15 is 0 Å². The van der Waals surface area contributed by atoms with Crippen molar-refractivity contribution >= 4 is 53.0 Å². The molecule has 0 aromatic carbocycles. The zero-order chi connectivity index (χ0) is 22.0. The van der Waals surface area contributed by atoms with Crippen LogP contribution in [-0.4, -0.2) is 65.0 Å². The molecule has 9 nitrogen and oxygen atoms in total. The molecule has 1 amide bonds. The molecule has 1 aromatic rings. The number of hydrogen-bond donors (Lipinski definition) is 1. The van der Waals surface area contributed by atoms with Gasteiger partial charge < -0.3 is 4.74 Å². The summed E-state index contributed by atoms with van der Waals surface area (Å²) in [5, 5.41) is 0. The van der Waals surface area contributed by atoms with Crippen LogP contribution in [0.25, 0.3) is 0 Å². The van der Waals surface area contributed by atoms with Gasteiger partial charge in [-0.05, 0) is 47.3 Å². The summed E-state index contributed by atoms with van der Waals surface area (Å²) in [6.45, 7) is 0.417. The first-order chi connectivity index (χ1) is 14.0. The monoisotopic (exact) mass is 544 g/mol. The van der Waals surface area contributed by atoms with Crippen molar-refractivity contribution in [3.8, 4) is 0 Å². The fourth-order valence-electron chi connectivity index (χ4n) is 3.67. The van der Waals surface area contributed by atoms with E-state index in [4.69, 9.17) is 9.57 Å². The lowest BCUT2D eigenvalue weighted by Gasteiger charge is -2.31. The fraction of sp³-hybridized carbons (Fsp3) is 0.706. The lowest BCUT2D eigenvalue weighted by Crippen LogP contribution is -2.43. The van der Waals surface area contributed by atoms with Crippen LogP contribution in [0.2, 0.25) is 0 Å². The quantitative estimate of drug-likeness (QED) is 0.541. The number of hydroxylamine groups is 1. The Balaban J connectivity index is 1.86. The topological polar surface area (TPSA) is 119 Å². The number of thiophene rings is 1. The summed E-state index contributed by atoms with van der Waals surface area (Å²) < 4.78 is 56.5. The van der Waals surface area contributed by atoms with E-state index in [-0.39, 0.29) is 31.7 Å². The number of hydrogen-bond acceptors (Lipinski definition) is 8. The second-order valence-electron chi connectivity index (χ2n) is 7.44. The van der Waals surface area contributed by atoms with Gasteiger partial charge in [0, 0.05) is 31.0 Å². The molecule has 2 aliphatic rings. The van der Waals surface area contributed by atoms with E-state index in [9.17, 15) is 21.6 Å². The lowest BCUT2D eigenvalue weighted by atomic mass is 9.97. The van der Waals surface area contributed by atoms with Crippen molar-refractivity contribution in [1.82, 2.24) is 9.79 Å². The third kappa shape index (κ3) is 5.43. The number of sulfonamides is 1. The molecule has 2 aliphatic heterocycles. The highest BCUT2D eigenvalue weighted by Crippen LogP contribution is 2.44. The molecule has 0 spiro atoms. The van der Waals surface area contributed by atoms with Gasteiger partial charge in [-0.15, -0.1) is 11.3 Å². The molecule has 0 saturated carbocycles. The summed E-state index contributed by atoms with van der Waals surface area (Å²) in [7, 11) is -7.42. The van der Waals surface area contributed by atoms with Crippen molar-refractivity contribution in [1.29, 1.82) is 0 Å². The van der Waals surface area contributed by atoms with Crippen molar-refractivity contribution in [2.45, 2.75) is 43.1 Å². The smallest absolute Gasteiger partial charge is 0.245 e. The first-order valence-electron chi connectivity index (χ1n) is 9.53. The minimum atomic E-state index is -3.86. The van der Waals surface area contributed by atoms with Gasteiger partial charge in [0.15, 0.2) is 16.1 Å². The Bertz CT molecular complexity index is 973. The first kappa shape index (κ1) is 24.1. The van der Waals surface area contributed by atoms with Crippen LogP contribution >= 0.6 is 27.3 Å². The van der Waals surface area contributed by atoms with Gasteiger partial charge in [0.2, 0.25) is 15.9 Å². The van der Waals surface area contributed by atoms with Gasteiger partial charge in [-0.2, -0.15) is 0 Å². The summed E-state index contributed by atoms with van der Waals surface area (Å²) in [5.41, 5.74) is 2.33. The Labute approximate surface area is 189 Å². The molecule has 3 rings (SSSR count). The van der Waals surface area contributed by atoms with Gasteiger partial charge in [0.1, 0.15) is 4.75 Å². The zero-order valence-corrected chi connectivity index (χ0v) is 20.5. The largest absolute Gasteiger partial charge is 0.350 e. The van der Waals surface area contributed by atoms with Crippen molar-refractivity contribution in [2.24, 2.45) is 0 Å². The minimum Gasteiger partial charge on any atom is -0.350 e. The van der Waals surface area contributed by atoms with Crippen molar-refractivity contribution in [3.63, 3.8) is 0 Å². The molecule has 0 bridgehead atoms. The number of carbonyl (C=O) groups excluding carboxylic acids is 1. The predicted molar refractivity (Wildman–Crippen MR) is 116 cm³/mol. The predicted octanol–water partition coefficient (Wildman–Crippen LogP) is 1.75.